The number of pyridine rings is 1. The van der Waals surface area contributed by atoms with Crippen LogP contribution in [0, 0.1) is 11.8 Å². The van der Waals surface area contributed by atoms with Gasteiger partial charge in [0.2, 0.25) is 5.91 Å². The maximum atomic E-state index is 13.2. The van der Waals surface area contributed by atoms with E-state index in [0.29, 0.717) is 17.5 Å². The van der Waals surface area contributed by atoms with Crippen LogP contribution in [0.5, 0.6) is 5.75 Å². The molecule has 1 aliphatic carbocycles. The van der Waals surface area contributed by atoms with E-state index in [0.717, 1.165) is 42.6 Å². The number of likely N-dealkylation sites (tertiary alicyclic amines) is 1. The molecule has 2 aliphatic heterocycles. The minimum absolute atomic E-state index is 0.0639. The second-order valence-corrected chi connectivity index (χ2v) is 10.2. The molecule has 2 bridgehead atoms. The summed E-state index contributed by atoms with van der Waals surface area (Å²) in [4.78, 5) is 28.5. The zero-order chi connectivity index (χ0) is 22.8. The van der Waals surface area contributed by atoms with Gasteiger partial charge in [-0.1, -0.05) is 31.4 Å². The Hall–Kier alpha value is -2.60. The van der Waals surface area contributed by atoms with Gasteiger partial charge in [0.25, 0.3) is 5.56 Å². The molecular formula is C27H35N3O3. The summed E-state index contributed by atoms with van der Waals surface area (Å²) in [7, 11) is 1.62. The summed E-state index contributed by atoms with van der Waals surface area (Å²) < 4.78 is 7.10. The zero-order valence-corrected chi connectivity index (χ0v) is 19.6. The molecule has 0 spiro atoms. The van der Waals surface area contributed by atoms with E-state index in [9.17, 15) is 9.59 Å². The van der Waals surface area contributed by atoms with E-state index in [1.54, 1.807) is 13.2 Å². The first-order chi connectivity index (χ1) is 16.1. The second-order valence-electron chi connectivity index (χ2n) is 10.2. The third-order valence-electron chi connectivity index (χ3n) is 7.72. The number of aromatic nitrogens is 1. The number of amides is 1. The standard InChI is InChI=1S/C27H35N3O3/c1-33-23-9-7-19(8-10-23)14-26(31)28-24-11-12-25-22-13-21(17-30(25)27(24)32)16-29(18-22)15-20-5-3-2-4-6-20/h7-12,20-22H,2-6,13-18H2,1H3,(H,28,31)/t21-,22-/m1/s1. The van der Waals surface area contributed by atoms with Crippen LogP contribution in [0.3, 0.4) is 0 Å². The molecular weight excluding hydrogens is 414 g/mol. The van der Waals surface area contributed by atoms with E-state index >= 15 is 0 Å². The highest BCUT2D eigenvalue weighted by molar-refractivity contribution is 5.92. The van der Waals surface area contributed by atoms with Crippen LogP contribution in [0.1, 0.15) is 55.7 Å². The lowest BCUT2D eigenvalue weighted by Crippen LogP contribution is -2.48. The van der Waals surface area contributed by atoms with Crippen LogP contribution >= 0.6 is 0 Å². The van der Waals surface area contributed by atoms with Crippen molar-refractivity contribution in [2.24, 2.45) is 11.8 Å². The number of hydrogen-bond acceptors (Lipinski definition) is 4. The van der Waals surface area contributed by atoms with Crippen molar-refractivity contribution in [1.29, 1.82) is 0 Å². The number of carbonyl (C=O) groups excluding carboxylic acids is 1. The van der Waals surface area contributed by atoms with Gasteiger partial charge in [0.15, 0.2) is 0 Å². The van der Waals surface area contributed by atoms with Crippen molar-refractivity contribution in [3.05, 3.63) is 58.0 Å². The molecule has 176 valence electrons. The van der Waals surface area contributed by atoms with Crippen LogP contribution in [-0.2, 0) is 17.8 Å². The molecule has 2 aromatic rings. The smallest absolute Gasteiger partial charge is 0.274 e. The molecule has 6 nitrogen and oxygen atoms in total. The van der Waals surface area contributed by atoms with E-state index in [1.165, 1.54) is 45.1 Å². The van der Waals surface area contributed by atoms with Crippen LogP contribution in [0.4, 0.5) is 5.69 Å². The first-order valence-electron chi connectivity index (χ1n) is 12.5. The average molecular weight is 450 g/mol. The molecule has 3 heterocycles. The highest BCUT2D eigenvalue weighted by Crippen LogP contribution is 2.36. The number of hydrogen-bond donors (Lipinski definition) is 1. The first-order valence-corrected chi connectivity index (χ1v) is 12.5. The molecule has 1 aromatic heterocycles. The molecule has 1 saturated heterocycles. The third kappa shape index (κ3) is 5.01. The van der Waals surface area contributed by atoms with E-state index in [4.69, 9.17) is 4.74 Å². The lowest BCUT2D eigenvalue weighted by atomic mass is 9.81. The minimum atomic E-state index is -0.174. The summed E-state index contributed by atoms with van der Waals surface area (Å²) in [6.45, 7) is 4.12. The van der Waals surface area contributed by atoms with Crippen LogP contribution in [0.25, 0.3) is 0 Å². The van der Waals surface area contributed by atoms with Gasteiger partial charge >= 0.3 is 0 Å². The molecule has 1 amide bonds. The summed E-state index contributed by atoms with van der Waals surface area (Å²) in [6.07, 6.45) is 8.32. The van der Waals surface area contributed by atoms with Gasteiger partial charge in [0.1, 0.15) is 11.4 Å². The molecule has 0 unspecified atom stereocenters. The number of methoxy groups -OCH3 is 1. The average Bonchev–Trinajstić information content (AvgIpc) is 2.82. The molecule has 6 heteroatoms. The van der Waals surface area contributed by atoms with Gasteiger partial charge < -0.3 is 19.5 Å². The van der Waals surface area contributed by atoms with Gasteiger partial charge in [-0.05, 0) is 60.9 Å². The summed E-state index contributed by atoms with van der Waals surface area (Å²) in [5.74, 6) is 2.37. The van der Waals surface area contributed by atoms with E-state index < -0.39 is 0 Å². The van der Waals surface area contributed by atoms with Gasteiger partial charge in [0, 0.05) is 37.8 Å². The Morgan fingerprint density at radius 3 is 2.58 bits per heavy atom. The fourth-order valence-electron chi connectivity index (χ4n) is 6.15. The SMILES string of the molecule is COc1ccc(CC(=O)Nc2ccc3n(c2=O)C[C@@H]2C[C@@H]3CN(CC3CCCCC3)C2)cc1. The van der Waals surface area contributed by atoms with E-state index in [1.807, 2.05) is 28.8 Å². The normalized spacial score (nSPS) is 23.1. The minimum Gasteiger partial charge on any atom is -0.497 e. The number of ether oxygens (including phenoxy) is 1. The Balaban J connectivity index is 1.25. The van der Waals surface area contributed by atoms with Gasteiger partial charge in [-0.2, -0.15) is 0 Å². The van der Waals surface area contributed by atoms with E-state index in [-0.39, 0.29) is 17.9 Å². The highest BCUT2D eigenvalue weighted by Gasteiger charge is 2.35. The van der Waals surface area contributed by atoms with Gasteiger partial charge in [-0.15, -0.1) is 0 Å². The molecule has 2 fully saturated rings. The first kappa shape index (κ1) is 22.2. The van der Waals surface area contributed by atoms with Gasteiger partial charge in [0.05, 0.1) is 13.5 Å². The predicted octanol–water partition coefficient (Wildman–Crippen LogP) is 4.04. The predicted molar refractivity (Wildman–Crippen MR) is 130 cm³/mol. The Labute approximate surface area is 195 Å². The molecule has 2 atom stereocenters. The zero-order valence-electron chi connectivity index (χ0n) is 19.6. The molecule has 33 heavy (non-hydrogen) atoms. The molecule has 0 radical (unpaired) electrons. The van der Waals surface area contributed by atoms with Crippen molar-refractivity contribution in [2.75, 3.05) is 32.1 Å². The third-order valence-corrected chi connectivity index (χ3v) is 7.72. The lowest BCUT2D eigenvalue weighted by molar-refractivity contribution is -0.115. The van der Waals surface area contributed by atoms with Crippen LogP contribution in [0.15, 0.2) is 41.2 Å². The molecule has 1 aromatic carbocycles. The van der Waals surface area contributed by atoms with Crippen LogP contribution < -0.4 is 15.6 Å². The number of piperidine rings is 1. The topological polar surface area (TPSA) is 63.6 Å². The summed E-state index contributed by atoms with van der Waals surface area (Å²) in [6, 6.07) is 11.3. The van der Waals surface area contributed by atoms with Crippen molar-refractivity contribution in [3.8, 4) is 5.75 Å². The molecule has 5 rings (SSSR count). The van der Waals surface area contributed by atoms with Gasteiger partial charge in [-0.25, -0.2) is 0 Å². The second kappa shape index (κ2) is 9.72. The van der Waals surface area contributed by atoms with Gasteiger partial charge in [-0.3, -0.25) is 9.59 Å². The maximum Gasteiger partial charge on any atom is 0.274 e. The summed E-state index contributed by atoms with van der Waals surface area (Å²) in [5, 5.41) is 2.85. The number of nitrogens with zero attached hydrogens (tertiary/aromatic N) is 2. The Kier molecular flexibility index (Phi) is 6.54. The van der Waals surface area contributed by atoms with Crippen molar-refractivity contribution in [3.63, 3.8) is 0 Å². The monoisotopic (exact) mass is 449 g/mol. The number of nitrogens with one attached hydrogen (secondary N) is 1. The fraction of sp³-hybridized carbons (Fsp3) is 0.556. The molecule has 1 N–H and O–H groups in total. The summed E-state index contributed by atoms with van der Waals surface area (Å²) in [5.41, 5.74) is 2.35. The summed E-state index contributed by atoms with van der Waals surface area (Å²) >= 11 is 0. The number of anilines is 1. The van der Waals surface area contributed by atoms with E-state index in [2.05, 4.69) is 16.3 Å². The van der Waals surface area contributed by atoms with Crippen molar-refractivity contribution in [2.45, 2.75) is 57.4 Å². The number of carbonyl (C=O) groups is 1. The largest absolute Gasteiger partial charge is 0.497 e. The fourth-order valence-corrected chi connectivity index (χ4v) is 6.15. The van der Waals surface area contributed by atoms with Crippen LogP contribution in [0.2, 0.25) is 0 Å². The number of benzene rings is 1. The quantitative estimate of drug-likeness (QED) is 0.723. The molecule has 1 saturated carbocycles. The lowest BCUT2D eigenvalue weighted by Gasteiger charge is -2.44. The molecule has 3 aliphatic rings. The van der Waals surface area contributed by atoms with Crippen molar-refractivity contribution >= 4 is 11.6 Å². The number of rotatable bonds is 6. The maximum absolute atomic E-state index is 13.2. The van der Waals surface area contributed by atoms with Crippen LogP contribution in [-0.4, -0.2) is 42.1 Å². The Morgan fingerprint density at radius 2 is 1.82 bits per heavy atom. The Morgan fingerprint density at radius 1 is 1.03 bits per heavy atom. The van der Waals surface area contributed by atoms with Crippen molar-refractivity contribution < 1.29 is 9.53 Å². The highest BCUT2D eigenvalue weighted by atomic mass is 16.5. The van der Waals surface area contributed by atoms with Crippen molar-refractivity contribution in [1.82, 2.24) is 9.47 Å². The Bertz CT molecular complexity index is 1040. The number of fused-ring (bicyclic) bond motifs is 4.